The summed E-state index contributed by atoms with van der Waals surface area (Å²) in [5.74, 6) is -0.210. The molecule has 8 nitrogen and oxygen atoms in total. The molecule has 0 saturated carbocycles. The van der Waals surface area contributed by atoms with E-state index in [1.165, 1.54) is 0 Å². The number of amides is 1. The minimum absolute atomic E-state index is 0.0670. The number of pyridine rings is 1. The molecule has 1 amide bonds. The molecule has 3 heterocycles. The third kappa shape index (κ3) is 6.20. The first-order valence-electron chi connectivity index (χ1n) is 12.8. The van der Waals surface area contributed by atoms with Crippen molar-refractivity contribution in [3.63, 3.8) is 0 Å². The highest BCUT2D eigenvalue weighted by atomic mass is 19.4. The van der Waals surface area contributed by atoms with Crippen LogP contribution in [0.1, 0.15) is 34.8 Å². The van der Waals surface area contributed by atoms with Gasteiger partial charge in [-0.25, -0.2) is 9.97 Å². The molecule has 0 aliphatic carbocycles. The van der Waals surface area contributed by atoms with Crippen LogP contribution in [-0.4, -0.2) is 40.1 Å². The van der Waals surface area contributed by atoms with Gasteiger partial charge in [0.15, 0.2) is 0 Å². The Balaban J connectivity index is 1.38. The van der Waals surface area contributed by atoms with Crippen LogP contribution in [0.2, 0.25) is 0 Å². The van der Waals surface area contributed by atoms with Gasteiger partial charge >= 0.3 is 6.18 Å². The fraction of sp³-hybridized carbons (Fsp3) is 0.241. The lowest BCUT2D eigenvalue weighted by Gasteiger charge is -2.21. The summed E-state index contributed by atoms with van der Waals surface area (Å²) in [6, 6.07) is 14.3. The number of aryl methyl sites for hydroxylation is 1. The first-order valence-corrected chi connectivity index (χ1v) is 12.8. The van der Waals surface area contributed by atoms with Crippen molar-refractivity contribution in [2.75, 3.05) is 28.7 Å². The van der Waals surface area contributed by atoms with E-state index >= 15 is 0 Å². The topological polar surface area (TPSA) is 95.1 Å². The van der Waals surface area contributed by atoms with Crippen LogP contribution in [0.3, 0.4) is 0 Å². The van der Waals surface area contributed by atoms with Gasteiger partial charge in [0.1, 0.15) is 0 Å². The third-order valence-corrected chi connectivity index (χ3v) is 6.73. The summed E-state index contributed by atoms with van der Waals surface area (Å²) in [5.41, 5.74) is 2.84. The van der Waals surface area contributed by atoms with Crippen molar-refractivity contribution in [2.24, 2.45) is 0 Å². The first-order chi connectivity index (χ1) is 19.2. The second-order valence-corrected chi connectivity index (χ2v) is 9.57. The maximum Gasteiger partial charge on any atom is 0.416 e. The van der Waals surface area contributed by atoms with Gasteiger partial charge in [0.2, 0.25) is 5.95 Å². The predicted octanol–water partition coefficient (Wildman–Crippen LogP) is 6.01. The predicted molar refractivity (Wildman–Crippen MR) is 149 cm³/mol. The fourth-order valence-corrected chi connectivity index (χ4v) is 4.45. The molecule has 1 unspecified atom stereocenters. The van der Waals surface area contributed by atoms with E-state index in [0.29, 0.717) is 36.2 Å². The van der Waals surface area contributed by atoms with Gasteiger partial charge in [-0.1, -0.05) is 13.0 Å². The lowest BCUT2D eigenvalue weighted by atomic mass is 10.1. The van der Waals surface area contributed by atoms with Crippen LogP contribution in [0.4, 0.5) is 36.2 Å². The summed E-state index contributed by atoms with van der Waals surface area (Å²) < 4.78 is 41.1. The number of alkyl halides is 3. The van der Waals surface area contributed by atoms with E-state index in [2.05, 4.69) is 30.9 Å². The summed E-state index contributed by atoms with van der Waals surface area (Å²) in [5, 5.41) is 9.07. The van der Waals surface area contributed by atoms with Gasteiger partial charge in [0, 0.05) is 59.4 Å². The van der Waals surface area contributed by atoms with E-state index in [0.717, 1.165) is 29.7 Å². The Morgan fingerprint density at radius 2 is 1.98 bits per heavy atom. The summed E-state index contributed by atoms with van der Waals surface area (Å²) in [4.78, 5) is 27.9. The average molecular weight is 548 g/mol. The molecule has 4 aromatic rings. The van der Waals surface area contributed by atoms with Gasteiger partial charge in [0.25, 0.3) is 5.91 Å². The number of carbonyl (C=O) groups excluding carboxylic acids is 1. The Labute approximate surface area is 229 Å². The molecule has 1 aliphatic rings. The zero-order valence-corrected chi connectivity index (χ0v) is 22.0. The van der Waals surface area contributed by atoms with Crippen LogP contribution in [-0.2, 0) is 6.18 Å². The van der Waals surface area contributed by atoms with Gasteiger partial charge in [0.05, 0.1) is 17.9 Å². The molecule has 0 bridgehead atoms. The van der Waals surface area contributed by atoms with E-state index in [4.69, 9.17) is 0 Å². The Morgan fingerprint density at radius 3 is 2.70 bits per heavy atom. The smallest absolute Gasteiger partial charge is 0.357 e. The van der Waals surface area contributed by atoms with Gasteiger partial charge in [-0.2, -0.15) is 13.2 Å². The van der Waals surface area contributed by atoms with Crippen molar-refractivity contribution >= 4 is 28.9 Å². The molecule has 40 heavy (non-hydrogen) atoms. The standard InChI is InChI=1S/C29H28F3N7O/c1-3-22-16-39(17-35-22)24-13-21(29(30,31)32)12-23(14-24)36-27(40)19-7-6-18(2)26(11-19)38-28-34-10-8-25(37-28)20-5-4-9-33-15-20/h4-15,22,35H,3,16-17H2,1-2H3,(H,36,40)(H,34,37,38). The van der Waals surface area contributed by atoms with Gasteiger partial charge in [-0.05, 0) is 67.4 Å². The number of aromatic nitrogens is 3. The molecule has 1 saturated heterocycles. The SMILES string of the molecule is CCC1CN(c2cc(NC(=O)c3ccc(C)c(Nc4nccc(-c5cccnc5)n4)c3)cc(C(F)(F)F)c2)CN1. The molecule has 206 valence electrons. The second kappa shape index (κ2) is 11.3. The molecule has 1 aliphatic heterocycles. The van der Waals surface area contributed by atoms with E-state index in [9.17, 15) is 18.0 Å². The summed E-state index contributed by atoms with van der Waals surface area (Å²) in [6.07, 6.45) is 1.30. The maximum atomic E-state index is 13.7. The molecular weight excluding hydrogens is 519 g/mol. The molecule has 0 spiro atoms. The zero-order valence-electron chi connectivity index (χ0n) is 22.0. The monoisotopic (exact) mass is 547 g/mol. The number of rotatable bonds is 7. The van der Waals surface area contributed by atoms with Crippen LogP contribution in [0.25, 0.3) is 11.3 Å². The van der Waals surface area contributed by atoms with E-state index < -0.39 is 17.6 Å². The van der Waals surface area contributed by atoms with Crippen molar-refractivity contribution in [3.05, 3.63) is 89.9 Å². The Bertz CT molecular complexity index is 1510. The van der Waals surface area contributed by atoms with Crippen molar-refractivity contribution < 1.29 is 18.0 Å². The number of hydrogen-bond donors (Lipinski definition) is 3. The molecular formula is C29H28F3N7O. The normalized spacial score (nSPS) is 15.2. The molecule has 1 atom stereocenters. The largest absolute Gasteiger partial charge is 0.416 e. The quantitative estimate of drug-likeness (QED) is 0.261. The maximum absolute atomic E-state index is 13.7. The number of carbonyl (C=O) groups is 1. The van der Waals surface area contributed by atoms with Crippen LogP contribution < -0.4 is 20.9 Å². The van der Waals surface area contributed by atoms with E-state index in [1.807, 2.05) is 30.9 Å². The number of anilines is 4. The van der Waals surface area contributed by atoms with Gasteiger partial charge in [-0.15, -0.1) is 0 Å². The van der Waals surface area contributed by atoms with Crippen LogP contribution in [0.15, 0.2) is 73.2 Å². The highest BCUT2D eigenvalue weighted by molar-refractivity contribution is 6.05. The average Bonchev–Trinajstić information content (AvgIpc) is 3.44. The minimum Gasteiger partial charge on any atom is -0.357 e. The number of hydrogen-bond acceptors (Lipinski definition) is 7. The summed E-state index contributed by atoms with van der Waals surface area (Å²) in [7, 11) is 0. The van der Waals surface area contributed by atoms with Crippen molar-refractivity contribution in [2.45, 2.75) is 32.5 Å². The lowest BCUT2D eigenvalue weighted by molar-refractivity contribution is -0.137. The fourth-order valence-electron chi connectivity index (χ4n) is 4.45. The van der Waals surface area contributed by atoms with Gasteiger partial charge < -0.3 is 15.5 Å². The van der Waals surface area contributed by atoms with Gasteiger partial charge in [-0.3, -0.25) is 15.1 Å². The van der Waals surface area contributed by atoms with E-state index in [-0.39, 0.29) is 17.3 Å². The molecule has 3 N–H and O–H groups in total. The molecule has 2 aromatic carbocycles. The van der Waals surface area contributed by atoms with Crippen LogP contribution >= 0.6 is 0 Å². The third-order valence-electron chi connectivity index (χ3n) is 6.73. The van der Waals surface area contributed by atoms with Crippen LogP contribution in [0, 0.1) is 6.92 Å². The zero-order chi connectivity index (χ0) is 28.3. The number of halogens is 3. The summed E-state index contributed by atoms with van der Waals surface area (Å²) >= 11 is 0. The van der Waals surface area contributed by atoms with Crippen molar-refractivity contribution in [1.82, 2.24) is 20.3 Å². The molecule has 5 rings (SSSR count). The highest BCUT2D eigenvalue weighted by Gasteiger charge is 2.32. The molecule has 2 aromatic heterocycles. The first kappa shape index (κ1) is 27.1. The Morgan fingerprint density at radius 1 is 1.12 bits per heavy atom. The summed E-state index contributed by atoms with van der Waals surface area (Å²) in [6.45, 7) is 4.90. The molecule has 1 fully saturated rings. The van der Waals surface area contributed by atoms with Crippen molar-refractivity contribution in [1.29, 1.82) is 0 Å². The van der Waals surface area contributed by atoms with Crippen LogP contribution in [0.5, 0.6) is 0 Å². The highest BCUT2D eigenvalue weighted by Crippen LogP contribution is 2.35. The number of nitrogens with one attached hydrogen (secondary N) is 3. The van der Waals surface area contributed by atoms with Crippen molar-refractivity contribution in [3.8, 4) is 11.3 Å². The van der Waals surface area contributed by atoms with E-state index in [1.54, 1.807) is 48.9 Å². The Hall–Kier alpha value is -4.51. The Kier molecular flexibility index (Phi) is 7.65. The second-order valence-electron chi connectivity index (χ2n) is 9.57. The molecule has 0 radical (unpaired) electrons. The minimum atomic E-state index is -4.56. The molecule has 11 heteroatoms. The lowest BCUT2D eigenvalue weighted by Crippen LogP contribution is -2.22. The number of benzene rings is 2. The number of nitrogens with zero attached hydrogens (tertiary/aromatic N) is 4.